The maximum atomic E-state index is 14.1. The quantitative estimate of drug-likeness (QED) is 0.613. The van der Waals surface area contributed by atoms with Crippen molar-refractivity contribution in [3.05, 3.63) is 89.2 Å². The number of rotatable bonds is 2. The zero-order valence-electron chi connectivity index (χ0n) is 18.7. The van der Waals surface area contributed by atoms with E-state index in [4.69, 9.17) is 9.47 Å². The Labute approximate surface area is 196 Å². The van der Waals surface area contributed by atoms with Crippen molar-refractivity contribution in [3.8, 4) is 11.5 Å². The lowest BCUT2D eigenvalue weighted by atomic mass is 9.73. The second-order valence-corrected chi connectivity index (χ2v) is 9.18. The molecule has 0 unspecified atom stereocenters. The fourth-order valence-electron chi connectivity index (χ4n) is 5.99. The summed E-state index contributed by atoms with van der Waals surface area (Å²) in [5.41, 5.74) is 0.954. The van der Waals surface area contributed by atoms with E-state index in [0.717, 1.165) is 11.1 Å². The van der Waals surface area contributed by atoms with Gasteiger partial charge in [-0.3, -0.25) is 9.59 Å². The van der Waals surface area contributed by atoms with Gasteiger partial charge in [0.15, 0.2) is 0 Å². The third-order valence-electron chi connectivity index (χ3n) is 7.48. The van der Waals surface area contributed by atoms with Crippen LogP contribution in [-0.4, -0.2) is 36.0 Å². The van der Waals surface area contributed by atoms with Crippen LogP contribution in [0.5, 0.6) is 11.5 Å². The number of nitrogens with one attached hydrogen (secondary N) is 1. The predicted molar refractivity (Wildman–Crippen MR) is 124 cm³/mol. The van der Waals surface area contributed by atoms with Gasteiger partial charge >= 0.3 is 0 Å². The van der Waals surface area contributed by atoms with Crippen molar-refractivity contribution in [1.82, 2.24) is 4.90 Å². The van der Waals surface area contributed by atoms with Gasteiger partial charge < -0.3 is 19.7 Å². The zero-order chi connectivity index (χ0) is 23.6. The second kappa shape index (κ2) is 7.32. The molecule has 4 atom stereocenters. The molecule has 3 aromatic carbocycles. The van der Waals surface area contributed by atoms with Crippen molar-refractivity contribution in [3.63, 3.8) is 0 Å². The third kappa shape index (κ3) is 2.73. The molecular weight excluding hydrogens is 435 g/mol. The summed E-state index contributed by atoms with van der Waals surface area (Å²) >= 11 is 0. The number of fused-ring (bicyclic) bond motifs is 6. The van der Waals surface area contributed by atoms with E-state index in [2.05, 4.69) is 5.32 Å². The average molecular weight is 458 g/mol. The molecule has 3 heterocycles. The number of nitrogens with zero attached hydrogens (tertiary/aromatic N) is 1. The summed E-state index contributed by atoms with van der Waals surface area (Å²) in [6.45, 7) is 2.16. The first-order chi connectivity index (χ1) is 16.4. The van der Waals surface area contributed by atoms with Crippen LogP contribution in [-0.2, 0) is 4.79 Å². The molecule has 3 aliphatic heterocycles. The number of methoxy groups -OCH3 is 1. The highest BCUT2D eigenvalue weighted by molar-refractivity contribution is 6.12. The minimum atomic E-state index is -1.24. The standard InChI is InChI=1S/C27H23FN2O4/c1-27-23(15-6-4-3-5-7-15)20-14-34-22-11-9-17(33-2)13-19(22)24(20)30(27)25(31)18-10-8-16(28)12-21(18)29-26(27)32/h3-13,20,23-24H,14H2,1-2H3,(H,29,32)/t20-,23+,24+,27-/m1/s1. The number of amides is 2. The summed E-state index contributed by atoms with van der Waals surface area (Å²) < 4.78 is 25.7. The van der Waals surface area contributed by atoms with Crippen LogP contribution in [0.3, 0.4) is 0 Å². The molecule has 0 radical (unpaired) electrons. The summed E-state index contributed by atoms with van der Waals surface area (Å²) in [5, 5.41) is 2.85. The summed E-state index contributed by atoms with van der Waals surface area (Å²) in [6, 6.07) is 18.7. The topological polar surface area (TPSA) is 67.9 Å². The van der Waals surface area contributed by atoms with Crippen LogP contribution >= 0.6 is 0 Å². The maximum Gasteiger partial charge on any atom is 0.257 e. The van der Waals surface area contributed by atoms with Crippen LogP contribution in [0.25, 0.3) is 0 Å². The van der Waals surface area contributed by atoms with Crippen molar-refractivity contribution >= 4 is 17.5 Å². The Hall–Kier alpha value is -3.87. The summed E-state index contributed by atoms with van der Waals surface area (Å²) in [4.78, 5) is 29.7. The maximum absolute atomic E-state index is 14.1. The fourth-order valence-corrected chi connectivity index (χ4v) is 5.99. The average Bonchev–Trinajstić information content (AvgIpc) is 3.09. The van der Waals surface area contributed by atoms with Crippen LogP contribution in [0.4, 0.5) is 10.1 Å². The molecule has 0 bridgehead atoms. The van der Waals surface area contributed by atoms with Crippen molar-refractivity contribution in [2.24, 2.45) is 5.92 Å². The highest BCUT2D eigenvalue weighted by Gasteiger charge is 2.65. The molecule has 0 aromatic heterocycles. The van der Waals surface area contributed by atoms with Gasteiger partial charge in [-0.25, -0.2) is 4.39 Å². The number of carbonyl (C=O) groups is 2. The third-order valence-corrected chi connectivity index (χ3v) is 7.48. The summed E-state index contributed by atoms with van der Waals surface area (Å²) in [6.07, 6.45) is 0. The van der Waals surface area contributed by atoms with Crippen molar-refractivity contribution in [2.45, 2.75) is 24.4 Å². The van der Waals surface area contributed by atoms with Gasteiger partial charge in [0.2, 0.25) is 0 Å². The van der Waals surface area contributed by atoms with Gasteiger partial charge in [-0.05, 0) is 48.9 Å². The number of anilines is 1. The van der Waals surface area contributed by atoms with Crippen LogP contribution in [0.2, 0.25) is 0 Å². The fraction of sp³-hybridized carbons (Fsp3) is 0.259. The number of halogens is 1. The lowest BCUT2D eigenvalue weighted by molar-refractivity contribution is -0.125. The van der Waals surface area contributed by atoms with Crippen molar-refractivity contribution in [1.29, 1.82) is 0 Å². The van der Waals surface area contributed by atoms with Crippen molar-refractivity contribution < 1.29 is 23.5 Å². The zero-order valence-corrected chi connectivity index (χ0v) is 18.7. The SMILES string of the molecule is COc1ccc2c(c1)[C@H]1[C@H](CO2)[C@H](c2ccccc2)[C@]2(C)C(=O)Nc3cc(F)ccc3C(=O)N12. The minimum absolute atomic E-state index is 0.177. The first-order valence-corrected chi connectivity index (χ1v) is 11.2. The molecule has 3 aliphatic rings. The molecule has 172 valence electrons. The smallest absolute Gasteiger partial charge is 0.257 e. The van der Waals surface area contributed by atoms with Gasteiger partial charge in [-0.15, -0.1) is 0 Å². The van der Waals surface area contributed by atoms with Crippen LogP contribution < -0.4 is 14.8 Å². The molecule has 1 saturated heterocycles. The Balaban J connectivity index is 1.62. The first-order valence-electron chi connectivity index (χ1n) is 11.2. The van der Waals surface area contributed by atoms with E-state index in [-0.39, 0.29) is 34.9 Å². The monoisotopic (exact) mass is 458 g/mol. The van der Waals surface area contributed by atoms with E-state index in [1.165, 1.54) is 18.2 Å². The van der Waals surface area contributed by atoms with Crippen LogP contribution in [0.1, 0.15) is 40.4 Å². The second-order valence-electron chi connectivity index (χ2n) is 9.18. The molecule has 1 fully saturated rings. The number of benzene rings is 3. The summed E-state index contributed by atoms with van der Waals surface area (Å²) in [7, 11) is 1.59. The molecule has 6 nitrogen and oxygen atoms in total. The van der Waals surface area contributed by atoms with Crippen LogP contribution in [0.15, 0.2) is 66.7 Å². The summed E-state index contributed by atoms with van der Waals surface area (Å²) in [5.74, 6) is -0.405. The lowest BCUT2D eigenvalue weighted by Gasteiger charge is -2.38. The largest absolute Gasteiger partial charge is 0.497 e. The molecule has 7 heteroatoms. The normalized spacial score (nSPS) is 26.9. The van der Waals surface area contributed by atoms with E-state index >= 15 is 0 Å². The van der Waals surface area contributed by atoms with Gasteiger partial charge in [0, 0.05) is 17.4 Å². The molecule has 6 rings (SSSR count). The number of hydrogen-bond acceptors (Lipinski definition) is 4. The van der Waals surface area contributed by atoms with Gasteiger partial charge in [-0.2, -0.15) is 0 Å². The van der Waals surface area contributed by atoms with E-state index < -0.39 is 17.4 Å². The van der Waals surface area contributed by atoms with Gasteiger partial charge in [0.1, 0.15) is 22.9 Å². The molecular formula is C27H23FN2O4. The first kappa shape index (κ1) is 20.7. The van der Waals surface area contributed by atoms with E-state index in [0.29, 0.717) is 18.1 Å². The van der Waals surface area contributed by atoms with E-state index in [1.807, 2.05) is 48.5 Å². The molecule has 0 saturated carbocycles. The Morgan fingerprint density at radius 1 is 1.09 bits per heavy atom. The minimum Gasteiger partial charge on any atom is -0.497 e. The molecule has 34 heavy (non-hydrogen) atoms. The Kier molecular flexibility index (Phi) is 4.46. The van der Waals surface area contributed by atoms with E-state index in [1.54, 1.807) is 18.9 Å². The van der Waals surface area contributed by atoms with Crippen molar-refractivity contribution in [2.75, 3.05) is 19.0 Å². The van der Waals surface area contributed by atoms with Gasteiger partial charge in [0.25, 0.3) is 11.8 Å². The van der Waals surface area contributed by atoms with Gasteiger partial charge in [-0.1, -0.05) is 30.3 Å². The lowest BCUT2D eigenvalue weighted by Crippen LogP contribution is -2.54. The predicted octanol–water partition coefficient (Wildman–Crippen LogP) is 4.53. The molecule has 0 aliphatic carbocycles. The molecule has 1 N–H and O–H groups in total. The Morgan fingerprint density at radius 3 is 2.65 bits per heavy atom. The Morgan fingerprint density at radius 2 is 1.88 bits per heavy atom. The number of hydrogen-bond donors (Lipinski definition) is 1. The molecule has 3 aromatic rings. The van der Waals surface area contributed by atoms with Gasteiger partial charge in [0.05, 0.1) is 31.0 Å². The molecule has 0 spiro atoms. The highest BCUT2D eigenvalue weighted by atomic mass is 19.1. The van der Waals surface area contributed by atoms with Crippen LogP contribution in [0, 0.1) is 11.7 Å². The molecule has 2 amide bonds. The number of ether oxygens (including phenoxy) is 2. The highest BCUT2D eigenvalue weighted by Crippen LogP contribution is 2.60. The van der Waals surface area contributed by atoms with E-state index in [9.17, 15) is 14.0 Å². The number of carbonyl (C=O) groups excluding carboxylic acids is 2. The Bertz CT molecular complexity index is 1330.